The van der Waals surface area contributed by atoms with Crippen LogP contribution >= 0.6 is 11.6 Å². The van der Waals surface area contributed by atoms with Crippen LogP contribution in [0.3, 0.4) is 0 Å². The number of carbonyl (C=O) groups excluding carboxylic acids is 1. The van der Waals surface area contributed by atoms with Crippen molar-refractivity contribution in [3.05, 3.63) is 59.1 Å². The summed E-state index contributed by atoms with van der Waals surface area (Å²) < 4.78 is 27.8. The summed E-state index contributed by atoms with van der Waals surface area (Å²) in [4.78, 5) is 17.3. The van der Waals surface area contributed by atoms with E-state index in [4.69, 9.17) is 11.6 Å². The van der Waals surface area contributed by atoms with E-state index in [0.717, 1.165) is 31.4 Å². The summed E-state index contributed by atoms with van der Waals surface area (Å²) in [5, 5.41) is 0.702. The van der Waals surface area contributed by atoms with Crippen LogP contribution in [-0.4, -0.2) is 62.8 Å². The standard InChI is InChI=1S/C23H28ClN3O3S/c24-21-10-3-4-11-22(21)25-14-16-26(17-15-25)23(28)19-8-7-9-20(18-19)31(29,30)27-12-5-1-2-6-13-27/h3-4,7-11,18H,1-2,5-6,12-17H2. The van der Waals surface area contributed by atoms with Crippen LogP contribution in [-0.2, 0) is 10.0 Å². The Bertz CT molecular complexity index is 1030. The lowest BCUT2D eigenvalue weighted by Crippen LogP contribution is -2.48. The second kappa shape index (κ2) is 9.59. The van der Waals surface area contributed by atoms with Gasteiger partial charge in [0.15, 0.2) is 0 Å². The fourth-order valence-corrected chi connectivity index (χ4v) is 6.08. The number of piperazine rings is 1. The Morgan fingerprint density at radius 2 is 1.48 bits per heavy atom. The minimum atomic E-state index is -3.58. The third-order valence-corrected chi connectivity index (χ3v) is 8.26. The van der Waals surface area contributed by atoms with Gasteiger partial charge in [0, 0.05) is 44.8 Å². The van der Waals surface area contributed by atoms with Crippen molar-refractivity contribution in [2.24, 2.45) is 0 Å². The van der Waals surface area contributed by atoms with Crippen molar-refractivity contribution in [3.8, 4) is 0 Å². The first-order chi connectivity index (χ1) is 15.0. The number of anilines is 1. The molecule has 2 aromatic rings. The number of halogens is 1. The summed E-state index contributed by atoms with van der Waals surface area (Å²) in [6.07, 6.45) is 3.89. The van der Waals surface area contributed by atoms with Crippen molar-refractivity contribution in [1.82, 2.24) is 9.21 Å². The number of sulfonamides is 1. The molecule has 0 aliphatic carbocycles. The number of rotatable bonds is 4. The van der Waals surface area contributed by atoms with Crippen LogP contribution in [0.2, 0.25) is 5.02 Å². The Morgan fingerprint density at radius 3 is 2.16 bits per heavy atom. The topological polar surface area (TPSA) is 60.9 Å². The lowest BCUT2D eigenvalue weighted by molar-refractivity contribution is 0.0746. The van der Waals surface area contributed by atoms with Crippen molar-refractivity contribution in [2.45, 2.75) is 30.6 Å². The van der Waals surface area contributed by atoms with Crippen LogP contribution < -0.4 is 4.90 Å². The van der Waals surface area contributed by atoms with Crippen molar-refractivity contribution in [1.29, 1.82) is 0 Å². The molecule has 8 heteroatoms. The molecule has 6 nitrogen and oxygen atoms in total. The average molecular weight is 462 g/mol. The summed E-state index contributed by atoms with van der Waals surface area (Å²) in [6.45, 7) is 3.58. The van der Waals surface area contributed by atoms with Gasteiger partial charge in [-0.15, -0.1) is 0 Å². The second-order valence-corrected chi connectivity index (χ2v) is 10.4. The molecule has 1 amide bonds. The molecule has 2 heterocycles. The number of nitrogens with zero attached hydrogens (tertiary/aromatic N) is 3. The van der Waals surface area contributed by atoms with E-state index in [1.165, 1.54) is 6.07 Å². The van der Waals surface area contributed by atoms with Gasteiger partial charge in [0.1, 0.15) is 0 Å². The number of carbonyl (C=O) groups is 1. The Labute approximate surface area is 189 Å². The normalized spacial score (nSPS) is 18.6. The van der Waals surface area contributed by atoms with Crippen LogP contribution in [0.4, 0.5) is 5.69 Å². The second-order valence-electron chi connectivity index (χ2n) is 8.08. The van der Waals surface area contributed by atoms with Crippen LogP contribution in [0.15, 0.2) is 53.4 Å². The van der Waals surface area contributed by atoms with E-state index < -0.39 is 10.0 Å². The van der Waals surface area contributed by atoms with Gasteiger partial charge in [0.05, 0.1) is 15.6 Å². The predicted molar refractivity (Wildman–Crippen MR) is 123 cm³/mol. The third-order valence-electron chi connectivity index (χ3n) is 6.04. The maximum absolute atomic E-state index is 13.1. The first-order valence-corrected chi connectivity index (χ1v) is 12.7. The molecular weight excluding hydrogens is 434 g/mol. The molecule has 2 aromatic carbocycles. The zero-order valence-electron chi connectivity index (χ0n) is 17.5. The van der Waals surface area contributed by atoms with E-state index in [1.54, 1.807) is 27.4 Å². The summed E-state index contributed by atoms with van der Waals surface area (Å²) >= 11 is 6.30. The monoisotopic (exact) mass is 461 g/mol. The maximum atomic E-state index is 13.1. The van der Waals surface area contributed by atoms with Gasteiger partial charge in [-0.05, 0) is 43.2 Å². The minimum Gasteiger partial charge on any atom is -0.367 e. The van der Waals surface area contributed by atoms with Gasteiger partial charge < -0.3 is 9.80 Å². The van der Waals surface area contributed by atoms with Gasteiger partial charge in [-0.1, -0.05) is 42.6 Å². The SMILES string of the molecule is O=C(c1cccc(S(=O)(=O)N2CCCCCC2)c1)N1CCN(c2ccccc2Cl)CC1. The molecule has 0 saturated carbocycles. The Morgan fingerprint density at radius 1 is 0.806 bits per heavy atom. The number of para-hydroxylation sites is 1. The Balaban J connectivity index is 1.46. The molecule has 2 saturated heterocycles. The van der Waals surface area contributed by atoms with Crippen LogP contribution in [0.25, 0.3) is 0 Å². The molecule has 2 aliphatic rings. The van der Waals surface area contributed by atoms with E-state index >= 15 is 0 Å². The van der Waals surface area contributed by atoms with Crippen molar-refractivity contribution >= 4 is 33.2 Å². The molecule has 4 rings (SSSR count). The van der Waals surface area contributed by atoms with E-state index in [2.05, 4.69) is 4.90 Å². The molecule has 2 aliphatic heterocycles. The third kappa shape index (κ3) is 4.89. The van der Waals surface area contributed by atoms with Crippen molar-refractivity contribution in [2.75, 3.05) is 44.2 Å². The van der Waals surface area contributed by atoms with Gasteiger partial charge in [-0.2, -0.15) is 4.31 Å². The van der Waals surface area contributed by atoms with Gasteiger partial charge in [-0.3, -0.25) is 4.79 Å². The average Bonchev–Trinajstić information content (AvgIpc) is 3.09. The highest BCUT2D eigenvalue weighted by molar-refractivity contribution is 7.89. The molecule has 0 bridgehead atoms. The van der Waals surface area contributed by atoms with E-state index in [0.29, 0.717) is 49.9 Å². The molecular formula is C23H28ClN3O3S. The lowest BCUT2D eigenvalue weighted by Gasteiger charge is -2.36. The Hall–Kier alpha value is -2.09. The van der Waals surface area contributed by atoms with Gasteiger partial charge in [0.25, 0.3) is 5.91 Å². The summed E-state index contributed by atoms with van der Waals surface area (Å²) in [6, 6.07) is 14.2. The maximum Gasteiger partial charge on any atom is 0.254 e. The van der Waals surface area contributed by atoms with Crippen molar-refractivity contribution in [3.63, 3.8) is 0 Å². The van der Waals surface area contributed by atoms with Crippen LogP contribution in [0.5, 0.6) is 0 Å². The predicted octanol–water partition coefficient (Wildman–Crippen LogP) is 3.87. The molecule has 0 aromatic heterocycles. The van der Waals surface area contributed by atoms with Crippen LogP contribution in [0.1, 0.15) is 36.0 Å². The van der Waals surface area contributed by atoms with Gasteiger partial charge in [-0.25, -0.2) is 8.42 Å². The molecule has 0 spiro atoms. The molecule has 166 valence electrons. The number of benzene rings is 2. The minimum absolute atomic E-state index is 0.133. The molecule has 2 fully saturated rings. The van der Waals surface area contributed by atoms with E-state index in [1.807, 2.05) is 24.3 Å². The summed E-state index contributed by atoms with van der Waals surface area (Å²) in [5.41, 5.74) is 1.39. The smallest absolute Gasteiger partial charge is 0.254 e. The quantitative estimate of drug-likeness (QED) is 0.693. The molecule has 0 radical (unpaired) electrons. The lowest BCUT2D eigenvalue weighted by atomic mass is 10.1. The molecule has 0 unspecified atom stereocenters. The van der Waals surface area contributed by atoms with E-state index in [9.17, 15) is 13.2 Å². The molecule has 0 N–H and O–H groups in total. The van der Waals surface area contributed by atoms with Gasteiger partial charge in [0.2, 0.25) is 10.0 Å². The first-order valence-electron chi connectivity index (χ1n) is 10.9. The van der Waals surface area contributed by atoms with E-state index in [-0.39, 0.29) is 10.8 Å². The highest BCUT2D eigenvalue weighted by Crippen LogP contribution is 2.27. The molecule has 0 atom stereocenters. The molecule has 31 heavy (non-hydrogen) atoms. The summed E-state index contributed by atoms with van der Waals surface area (Å²) in [5.74, 6) is -0.133. The largest absolute Gasteiger partial charge is 0.367 e. The van der Waals surface area contributed by atoms with Crippen LogP contribution in [0, 0.1) is 0 Å². The Kier molecular flexibility index (Phi) is 6.84. The zero-order chi connectivity index (χ0) is 21.8. The highest BCUT2D eigenvalue weighted by Gasteiger charge is 2.27. The highest BCUT2D eigenvalue weighted by atomic mass is 35.5. The fraction of sp³-hybridized carbons (Fsp3) is 0.435. The zero-order valence-corrected chi connectivity index (χ0v) is 19.1. The summed E-state index contributed by atoms with van der Waals surface area (Å²) in [7, 11) is -3.58. The number of amides is 1. The number of hydrogen-bond donors (Lipinski definition) is 0. The number of hydrogen-bond acceptors (Lipinski definition) is 4. The van der Waals surface area contributed by atoms with Crippen molar-refractivity contribution < 1.29 is 13.2 Å². The fourth-order valence-electron chi connectivity index (χ4n) is 4.26. The first kappa shape index (κ1) is 22.1. The van der Waals surface area contributed by atoms with Gasteiger partial charge >= 0.3 is 0 Å².